The Kier molecular flexibility index (Phi) is 37.7. The van der Waals surface area contributed by atoms with E-state index in [1.54, 1.807) is 0 Å². The van der Waals surface area contributed by atoms with Gasteiger partial charge in [0.25, 0.3) is 0 Å². The first-order chi connectivity index (χ1) is 30.9. The maximum atomic E-state index is 12.8. The largest absolute Gasteiger partial charge is 0.472 e. The van der Waals surface area contributed by atoms with Crippen molar-refractivity contribution in [2.75, 3.05) is 13.2 Å². The number of esters is 2. The summed E-state index contributed by atoms with van der Waals surface area (Å²) in [5, 5.41) is 50.2. The first-order valence-electron chi connectivity index (χ1n) is 25.3. The van der Waals surface area contributed by atoms with Crippen molar-refractivity contribution in [1.29, 1.82) is 0 Å². The first kappa shape index (κ1) is 60.1. The molecule has 1 rings (SSSR count). The molecule has 0 aromatic rings. The number of carbonyl (C=O) groups excluding carboxylic acids is 2. The van der Waals surface area contributed by atoms with Gasteiger partial charge in [-0.25, -0.2) is 4.57 Å². The summed E-state index contributed by atoms with van der Waals surface area (Å²) in [6, 6.07) is 0. The highest BCUT2D eigenvalue weighted by Gasteiger charge is 2.51. The van der Waals surface area contributed by atoms with E-state index in [1.165, 1.54) is 96.3 Å². The molecule has 374 valence electrons. The zero-order valence-electron chi connectivity index (χ0n) is 39.8. The number of hydrogen-bond acceptors (Lipinski definition) is 12. The summed E-state index contributed by atoms with van der Waals surface area (Å²) >= 11 is 0. The first-order valence-corrected chi connectivity index (χ1v) is 26.8. The van der Waals surface area contributed by atoms with Gasteiger partial charge in [-0.05, 0) is 70.6 Å². The topological polar surface area (TPSA) is 210 Å². The number of carbonyl (C=O) groups is 2. The molecular weight excluding hydrogens is 840 g/mol. The van der Waals surface area contributed by atoms with Crippen LogP contribution < -0.4 is 0 Å². The zero-order chi connectivity index (χ0) is 47.1. The van der Waals surface area contributed by atoms with Gasteiger partial charge >= 0.3 is 19.8 Å². The fourth-order valence-corrected chi connectivity index (χ4v) is 8.58. The second-order valence-corrected chi connectivity index (χ2v) is 19.1. The Hall–Kier alpha value is -1.93. The molecule has 14 heteroatoms. The lowest BCUT2D eigenvalue weighted by atomic mass is 9.85. The van der Waals surface area contributed by atoms with Crippen molar-refractivity contribution in [2.45, 2.75) is 256 Å². The van der Waals surface area contributed by atoms with Crippen molar-refractivity contribution in [1.82, 2.24) is 0 Å². The maximum absolute atomic E-state index is 12.8. The number of phosphoric ester groups is 1. The number of aliphatic hydroxyl groups is 5. The highest BCUT2D eigenvalue weighted by Crippen LogP contribution is 2.47. The summed E-state index contributed by atoms with van der Waals surface area (Å²) in [5.41, 5.74) is 0. The molecule has 1 saturated carbocycles. The number of rotatable bonds is 42. The quantitative estimate of drug-likeness (QED) is 0.0146. The van der Waals surface area contributed by atoms with Crippen LogP contribution in [0.3, 0.4) is 0 Å². The van der Waals surface area contributed by atoms with E-state index in [9.17, 15) is 44.6 Å². The average molecular weight is 931 g/mol. The normalized spacial score (nSPS) is 21.8. The summed E-state index contributed by atoms with van der Waals surface area (Å²) in [4.78, 5) is 35.8. The predicted molar refractivity (Wildman–Crippen MR) is 253 cm³/mol. The van der Waals surface area contributed by atoms with Crippen molar-refractivity contribution in [3.63, 3.8) is 0 Å². The van der Waals surface area contributed by atoms with E-state index in [4.69, 9.17) is 18.5 Å². The smallest absolute Gasteiger partial charge is 0.462 e. The minimum atomic E-state index is -5.12. The van der Waals surface area contributed by atoms with Gasteiger partial charge in [-0.15, -0.1) is 0 Å². The lowest BCUT2D eigenvalue weighted by Crippen LogP contribution is -2.64. The fourth-order valence-electron chi connectivity index (χ4n) is 7.61. The monoisotopic (exact) mass is 931 g/mol. The molecule has 1 aliphatic rings. The van der Waals surface area contributed by atoms with E-state index in [1.807, 2.05) is 0 Å². The SMILES string of the molecule is CCCCC/C=C\C/C=C\CCCCCCCCCCCC(=O)OC[C@H](COP(=O)(O)OC1C(O)C(O)C(O)[C@@H](O)C1O)OC(=O)CCCCCCC/C=C\CCCCCCCCC. The number of hydrogen-bond donors (Lipinski definition) is 6. The standard InChI is InChI=1S/C50H91O13P/c1-3-5-7-9-11-13-15-17-19-21-22-23-25-26-28-30-32-34-36-38-43(51)60-40-42(41-61-64(58,59)63-50-48(56)46(54)45(53)47(55)49(50)57)62-44(52)39-37-35-33-31-29-27-24-20-18-16-14-12-10-8-6-4-2/h11,13,17,19-20,24,42,45-50,53-57H,3-10,12,14-16,18,21-23,25-41H2,1-2H3,(H,58,59)/b13-11-,19-17-,24-20-/t42-,45?,46-,47?,48?,49?,50?/m1/s1. The van der Waals surface area contributed by atoms with Crippen LogP contribution in [0.5, 0.6) is 0 Å². The van der Waals surface area contributed by atoms with Crippen LogP contribution in [0.4, 0.5) is 0 Å². The van der Waals surface area contributed by atoms with Crippen LogP contribution in [0.2, 0.25) is 0 Å². The lowest BCUT2D eigenvalue weighted by Gasteiger charge is -2.41. The molecule has 13 nitrogen and oxygen atoms in total. The van der Waals surface area contributed by atoms with Gasteiger partial charge in [0.15, 0.2) is 6.10 Å². The van der Waals surface area contributed by atoms with Gasteiger partial charge in [0, 0.05) is 12.8 Å². The van der Waals surface area contributed by atoms with Crippen LogP contribution in [-0.4, -0.2) is 98.3 Å². The zero-order valence-corrected chi connectivity index (χ0v) is 40.7. The van der Waals surface area contributed by atoms with Gasteiger partial charge in [0.1, 0.15) is 43.2 Å². The van der Waals surface area contributed by atoms with Gasteiger partial charge in [-0.3, -0.25) is 18.6 Å². The van der Waals surface area contributed by atoms with Crippen molar-refractivity contribution in [2.24, 2.45) is 0 Å². The summed E-state index contributed by atoms with van der Waals surface area (Å²) < 4.78 is 33.6. The van der Waals surface area contributed by atoms with Crippen LogP contribution in [0.25, 0.3) is 0 Å². The predicted octanol–water partition coefficient (Wildman–Crippen LogP) is 10.6. The van der Waals surface area contributed by atoms with E-state index < -0.39 is 75.7 Å². The molecule has 64 heavy (non-hydrogen) atoms. The molecule has 1 fully saturated rings. The van der Waals surface area contributed by atoms with E-state index in [0.717, 1.165) is 77.0 Å². The summed E-state index contributed by atoms with van der Waals surface area (Å²) in [7, 11) is -5.12. The maximum Gasteiger partial charge on any atom is 0.472 e. The van der Waals surface area contributed by atoms with E-state index in [2.05, 4.69) is 50.3 Å². The Balaban J connectivity index is 2.41. The molecule has 0 aromatic carbocycles. The number of unbranched alkanes of at least 4 members (excludes halogenated alkanes) is 24. The molecule has 1 aliphatic carbocycles. The second kappa shape index (κ2) is 40.2. The Morgan fingerprint density at radius 2 is 0.844 bits per heavy atom. The summed E-state index contributed by atoms with van der Waals surface area (Å²) in [6.45, 7) is 3.28. The van der Waals surface area contributed by atoms with Crippen molar-refractivity contribution in [3.8, 4) is 0 Å². The minimum absolute atomic E-state index is 0.0867. The number of ether oxygens (including phenoxy) is 2. The highest BCUT2D eigenvalue weighted by molar-refractivity contribution is 7.47. The van der Waals surface area contributed by atoms with Crippen LogP contribution >= 0.6 is 7.82 Å². The molecule has 0 saturated heterocycles. The van der Waals surface area contributed by atoms with Gasteiger partial charge in [-0.1, -0.05) is 166 Å². The van der Waals surface area contributed by atoms with Crippen LogP contribution in [0.15, 0.2) is 36.5 Å². The summed E-state index contributed by atoms with van der Waals surface area (Å²) in [5.74, 6) is -1.11. The second-order valence-electron chi connectivity index (χ2n) is 17.7. The molecule has 0 spiro atoms. The minimum Gasteiger partial charge on any atom is -0.462 e. The average Bonchev–Trinajstić information content (AvgIpc) is 3.28. The lowest BCUT2D eigenvalue weighted by molar-refractivity contribution is -0.220. The third kappa shape index (κ3) is 31.9. The molecule has 8 atom stereocenters. The third-order valence-electron chi connectivity index (χ3n) is 11.7. The summed E-state index contributed by atoms with van der Waals surface area (Å²) in [6.07, 6.45) is 33.3. The van der Waals surface area contributed by atoms with Crippen LogP contribution in [0, 0.1) is 0 Å². The number of aliphatic hydroxyl groups excluding tert-OH is 5. The van der Waals surface area contributed by atoms with E-state index >= 15 is 0 Å². The molecule has 0 aromatic heterocycles. The third-order valence-corrected chi connectivity index (χ3v) is 12.7. The molecule has 0 heterocycles. The molecular formula is C50H91O13P. The van der Waals surface area contributed by atoms with Crippen molar-refractivity contribution in [3.05, 3.63) is 36.5 Å². The van der Waals surface area contributed by atoms with Crippen LogP contribution in [-0.2, 0) is 32.7 Å². The van der Waals surface area contributed by atoms with Crippen molar-refractivity contribution < 1.29 is 63.1 Å². The van der Waals surface area contributed by atoms with Gasteiger partial charge < -0.3 is 39.9 Å². The van der Waals surface area contributed by atoms with E-state index in [-0.39, 0.29) is 12.8 Å². The molecule has 6 N–H and O–H groups in total. The molecule has 0 amide bonds. The highest BCUT2D eigenvalue weighted by atomic mass is 31.2. The Morgan fingerprint density at radius 1 is 0.484 bits per heavy atom. The fraction of sp³-hybridized carbons (Fsp3) is 0.840. The van der Waals surface area contributed by atoms with Crippen molar-refractivity contribution >= 4 is 19.8 Å². The Labute approximate surface area is 387 Å². The Bertz CT molecular complexity index is 1260. The number of phosphoric acid groups is 1. The van der Waals surface area contributed by atoms with Crippen LogP contribution in [0.1, 0.15) is 213 Å². The molecule has 0 aliphatic heterocycles. The Morgan fingerprint density at radius 3 is 1.31 bits per heavy atom. The van der Waals surface area contributed by atoms with Gasteiger partial charge in [0.05, 0.1) is 6.61 Å². The molecule has 0 bridgehead atoms. The molecule has 0 radical (unpaired) electrons. The van der Waals surface area contributed by atoms with E-state index in [0.29, 0.717) is 12.8 Å². The van der Waals surface area contributed by atoms with Gasteiger partial charge in [-0.2, -0.15) is 0 Å². The van der Waals surface area contributed by atoms with Gasteiger partial charge in [0.2, 0.25) is 0 Å². The number of allylic oxidation sites excluding steroid dienone is 6. The molecule has 6 unspecified atom stereocenters.